The number of pyridine rings is 1. The Morgan fingerprint density at radius 3 is 2.56 bits per heavy atom. The summed E-state index contributed by atoms with van der Waals surface area (Å²) >= 11 is 5.96. The predicted molar refractivity (Wildman–Crippen MR) is 77.1 cm³/mol. The normalized spacial score (nSPS) is 10.9. The molecule has 3 heteroatoms. The maximum Gasteiger partial charge on any atom is 0.197 e. The Morgan fingerprint density at radius 2 is 1.78 bits per heavy atom. The second-order valence-electron chi connectivity index (χ2n) is 4.06. The Labute approximate surface area is 109 Å². The summed E-state index contributed by atoms with van der Waals surface area (Å²) in [6, 6.07) is 12.8. The molecule has 0 amide bonds. The predicted octanol–water partition coefficient (Wildman–Crippen LogP) is 3.91. The third-order valence-corrected chi connectivity index (χ3v) is 3.29. The molecule has 0 aliphatic heterocycles. The fourth-order valence-corrected chi connectivity index (χ4v) is 2.42. The fourth-order valence-electron chi connectivity index (χ4n) is 2.25. The topological polar surface area (TPSA) is 22.0 Å². The van der Waals surface area contributed by atoms with Crippen LogP contribution in [0, 0.1) is 0 Å². The van der Waals surface area contributed by atoms with Crippen LogP contribution in [-0.4, -0.2) is 4.57 Å². The van der Waals surface area contributed by atoms with Crippen LogP contribution in [0.5, 0.6) is 0 Å². The van der Waals surface area contributed by atoms with Gasteiger partial charge in [0.2, 0.25) is 0 Å². The summed E-state index contributed by atoms with van der Waals surface area (Å²) in [4.78, 5) is 12.4. The third kappa shape index (κ3) is 1.46. The fraction of sp³-hybridized carbons (Fsp3) is 0. The van der Waals surface area contributed by atoms with E-state index < -0.39 is 0 Å². The van der Waals surface area contributed by atoms with E-state index in [1.807, 2.05) is 34.9 Å². The zero-order chi connectivity index (χ0) is 12.7. The smallest absolute Gasteiger partial charge is 0.197 e. The van der Waals surface area contributed by atoms with Gasteiger partial charge < -0.3 is 4.57 Å². The SMILES string of the molecule is C=Cn1c2ccccc2c(=O)c2cc(Cl)ccc21. The number of hydrogen-bond donors (Lipinski definition) is 0. The molecule has 0 radical (unpaired) electrons. The molecule has 2 nitrogen and oxygen atoms in total. The summed E-state index contributed by atoms with van der Waals surface area (Å²) < 4.78 is 1.91. The first kappa shape index (κ1) is 11.1. The molecule has 0 aliphatic rings. The van der Waals surface area contributed by atoms with Gasteiger partial charge in [0.1, 0.15) is 0 Å². The van der Waals surface area contributed by atoms with E-state index in [9.17, 15) is 4.79 Å². The zero-order valence-electron chi connectivity index (χ0n) is 9.56. The van der Waals surface area contributed by atoms with Crippen LogP contribution in [0.25, 0.3) is 28.0 Å². The molecule has 0 saturated heterocycles. The number of hydrogen-bond acceptors (Lipinski definition) is 1. The zero-order valence-corrected chi connectivity index (χ0v) is 10.3. The van der Waals surface area contributed by atoms with Crippen LogP contribution >= 0.6 is 11.6 Å². The first-order valence-corrected chi connectivity index (χ1v) is 5.95. The van der Waals surface area contributed by atoms with Gasteiger partial charge in [0.15, 0.2) is 5.43 Å². The minimum absolute atomic E-state index is 0.00111. The number of nitrogens with zero attached hydrogens (tertiary/aromatic N) is 1. The second-order valence-corrected chi connectivity index (χ2v) is 4.50. The summed E-state index contributed by atoms with van der Waals surface area (Å²) in [7, 11) is 0. The first-order valence-electron chi connectivity index (χ1n) is 5.57. The van der Waals surface area contributed by atoms with Crippen molar-refractivity contribution in [1.82, 2.24) is 4.57 Å². The van der Waals surface area contributed by atoms with Gasteiger partial charge in [-0.1, -0.05) is 30.3 Å². The molecule has 0 spiro atoms. The van der Waals surface area contributed by atoms with Crippen molar-refractivity contribution in [2.45, 2.75) is 0 Å². The van der Waals surface area contributed by atoms with Crippen molar-refractivity contribution >= 4 is 39.6 Å². The van der Waals surface area contributed by atoms with E-state index in [0.29, 0.717) is 15.8 Å². The number of fused-ring (bicyclic) bond motifs is 2. The molecule has 0 unspecified atom stereocenters. The molecular formula is C15H10ClNO. The lowest BCUT2D eigenvalue weighted by molar-refractivity contribution is 1.27. The van der Waals surface area contributed by atoms with Crippen LogP contribution in [0.4, 0.5) is 0 Å². The monoisotopic (exact) mass is 255 g/mol. The molecule has 0 aliphatic carbocycles. The Kier molecular flexibility index (Phi) is 2.46. The van der Waals surface area contributed by atoms with E-state index in [0.717, 1.165) is 11.0 Å². The van der Waals surface area contributed by atoms with E-state index >= 15 is 0 Å². The van der Waals surface area contributed by atoms with Crippen molar-refractivity contribution < 1.29 is 0 Å². The van der Waals surface area contributed by atoms with Crippen LogP contribution in [-0.2, 0) is 0 Å². The van der Waals surface area contributed by atoms with Crippen LogP contribution in [0.15, 0.2) is 53.8 Å². The molecule has 1 aromatic heterocycles. The Morgan fingerprint density at radius 1 is 1.06 bits per heavy atom. The lowest BCUT2D eigenvalue weighted by Gasteiger charge is -2.10. The Balaban J connectivity index is 2.70. The third-order valence-electron chi connectivity index (χ3n) is 3.05. The molecule has 0 N–H and O–H groups in total. The maximum absolute atomic E-state index is 12.4. The molecule has 2 aromatic carbocycles. The van der Waals surface area contributed by atoms with Gasteiger partial charge in [0.05, 0.1) is 11.0 Å². The van der Waals surface area contributed by atoms with Gasteiger partial charge in [-0.2, -0.15) is 0 Å². The molecule has 88 valence electrons. The standard InChI is InChI=1S/C15H10ClNO/c1-2-17-13-6-4-3-5-11(13)15(18)12-9-10(16)7-8-14(12)17/h2-9H,1H2. The van der Waals surface area contributed by atoms with Crippen LogP contribution < -0.4 is 5.43 Å². The molecule has 0 atom stereocenters. The summed E-state index contributed by atoms with van der Waals surface area (Å²) in [6.45, 7) is 3.81. The molecule has 1 heterocycles. The quantitative estimate of drug-likeness (QED) is 0.605. The molecular weight excluding hydrogens is 246 g/mol. The summed E-state index contributed by atoms with van der Waals surface area (Å²) in [5, 5.41) is 1.85. The number of para-hydroxylation sites is 1. The number of halogens is 1. The average molecular weight is 256 g/mol. The summed E-state index contributed by atoms with van der Waals surface area (Å²) in [5.74, 6) is 0. The van der Waals surface area contributed by atoms with Crippen molar-refractivity contribution in [3.8, 4) is 0 Å². The highest BCUT2D eigenvalue weighted by molar-refractivity contribution is 6.31. The molecule has 0 saturated carbocycles. The van der Waals surface area contributed by atoms with Crippen LogP contribution in [0.1, 0.15) is 0 Å². The molecule has 18 heavy (non-hydrogen) atoms. The van der Waals surface area contributed by atoms with E-state index in [1.165, 1.54) is 0 Å². The highest BCUT2D eigenvalue weighted by Gasteiger charge is 2.08. The van der Waals surface area contributed by atoms with Crippen molar-refractivity contribution in [1.29, 1.82) is 0 Å². The number of aromatic nitrogens is 1. The lowest BCUT2D eigenvalue weighted by Crippen LogP contribution is -2.08. The largest absolute Gasteiger partial charge is 0.316 e. The van der Waals surface area contributed by atoms with Gasteiger partial charge in [-0.3, -0.25) is 4.79 Å². The second kappa shape index (κ2) is 4.00. The molecule has 3 aromatic rings. The minimum atomic E-state index is 0.00111. The van der Waals surface area contributed by atoms with E-state index in [1.54, 1.807) is 18.3 Å². The average Bonchev–Trinajstić information content (AvgIpc) is 2.40. The number of rotatable bonds is 1. The van der Waals surface area contributed by atoms with Crippen LogP contribution in [0.3, 0.4) is 0 Å². The van der Waals surface area contributed by atoms with Gasteiger partial charge in [-0.05, 0) is 30.3 Å². The highest BCUT2D eigenvalue weighted by Crippen LogP contribution is 2.22. The van der Waals surface area contributed by atoms with Crippen LogP contribution in [0.2, 0.25) is 5.02 Å². The Hall–Kier alpha value is -2.06. The first-order chi connectivity index (χ1) is 8.72. The van der Waals surface area contributed by atoms with Gasteiger partial charge in [-0.25, -0.2) is 0 Å². The minimum Gasteiger partial charge on any atom is -0.316 e. The van der Waals surface area contributed by atoms with Gasteiger partial charge in [-0.15, -0.1) is 0 Å². The summed E-state index contributed by atoms with van der Waals surface area (Å²) in [6.07, 6.45) is 1.71. The van der Waals surface area contributed by atoms with E-state index in [2.05, 4.69) is 6.58 Å². The maximum atomic E-state index is 12.4. The molecule has 3 rings (SSSR count). The number of benzene rings is 2. The van der Waals surface area contributed by atoms with E-state index in [4.69, 9.17) is 11.6 Å². The van der Waals surface area contributed by atoms with Gasteiger partial charge >= 0.3 is 0 Å². The molecule has 0 bridgehead atoms. The van der Waals surface area contributed by atoms with Gasteiger partial charge in [0, 0.05) is 22.0 Å². The Bertz CT molecular complexity index is 833. The van der Waals surface area contributed by atoms with Crippen molar-refractivity contribution in [3.63, 3.8) is 0 Å². The lowest BCUT2D eigenvalue weighted by atomic mass is 10.1. The highest BCUT2D eigenvalue weighted by atomic mass is 35.5. The van der Waals surface area contributed by atoms with Crippen molar-refractivity contribution in [2.75, 3.05) is 0 Å². The molecule has 0 fully saturated rings. The van der Waals surface area contributed by atoms with Gasteiger partial charge in [0.25, 0.3) is 0 Å². The van der Waals surface area contributed by atoms with Crippen molar-refractivity contribution in [2.24, 2.45) is 0 Å². The summed E-state index contributed by atoms with van der Waals surface area (Å²) in [5.41, 5.74) is 1.67. The van der Waals surface area contributed by atoms with E-state index in [-0.39, 0.29) is 5.43 Å². The van der Waals surface area contributed by atoms with Crippen molar-refractivity contribution in [3.05, 3.63) is 64.3 Å².